The zero-order valence-corrected chi connectivity index (χ0v) is 30.8. The number of rotatable bonds is 5. The van der Waals surface area contributed by atoms with Gasteiger partial charge in [-0.1, -0.05) is 140 Å². The molecule has 0 amide bonds. The molecule has 12 rings (SSSR count). The molecule has 0 bridgehead atoms. The average molecular weight is 728 g/mol. The molecule has 3 heteroatoms. The molecule has 0 aliphatic heterocycles. The van der Waals surface area contributed by atoms with E-state index >= 15 is 0 Å². The van der Waals surface area contributed by atoms with Crippen LogP contribution in [0.5, 0.6) is 0 Å². The molecule has 57 heavy (non-hydrogen) atoms. The smallest absolute Gasteiger partial charge is 0.145 e. The van der Waals surface area contributed by atoms with Gasteiger partial charge in [0.25, 0.3) is 0 Å². The number of furan rings is 2. The SMILES string of the molecule is c1ccc2c(-c3ccc(N(c4ccc(-c5ccc6c(c5)oc5ccccc56)cc4)c4ccc5ccc6ccccc6c5c4)c4c3oc3ccccc34)cccc2c1. The highest BCUT2D eigenvalue weighted by Gasteiger charge is 2.23. The zero-order chi connectivity index (χ0) is 37.5. The van der Waals surface area contributed by atoms with Crippen LogP contribution in [0.2, 0.25) is 0 Å². The molecule has 0 unspecified atom stereocenters. The standard InChI is InChI=1S/C54H33NO2/c1-3-13-41-35(10-1)12-9-17-43(41)46-30-31-49(53-47-16-6-8-19-51(47)57-54(46)53)55(40-28-24-37-21-20-36-11-2-4-14-42(36)48(37)33-40)39-26-22-34(23-27-39)38-25-29-45-44-15-5-7-18-50(44)56-52(45)32-38/h1-33H. The van der Waals surface area contributed by atoms with Gasteiger partial charge in [-0.25, -0.2) is 0 Å². The number of hydrogen-bond acceptors (Lipinski definition) is 3. The maximum absolute atomic E-state index is 6.88. The maximum Gasteiger partial charge on any atom is 0.145 e. The Morgan fingerprint density at radius 2 is 0.912 bits per heavy atom. The molecule has 0 spiro atoms. The van der Waals surface area contributed by atoms with E-state index in [0.29, 0.717) is 0 Å². The lowest BCUT2D eigenvalue weighted by Gasteiger charge is -2.27. The van der Waals surface area contributed by atoms with E-state index in [9.17, 15) is 0 Å². The molecule has 0 aliphatic rings. The third-order valence-corrected chi connectivity index (χ3v) is 11.7. The van der Waals surface area contributed by atoms with Crippen LogP contribution in [0.3, 0.4) is 0 Å². The molecular weight excluding hydrogens is 695 g/mol. The van der Waals surface area contributed by atoms with E-state index < -0.39 is 0 Å². The van der Waals surface area contributed by atoms with Gasteiger partial charge in [0.05, 0.1) is 11.1 Å². The Kier molecular flexibility index (Phi) is 6.93. The Morgan fingerprint density at radius 1 is 0.316 bits per heavy atom. The minimum absolute atomic E-state index is 0.863. The summed E-state index contributed by atoms with van der Waals surface area (Å²) in [5.41, 5.74) is 11.2. The van der Waals surface area contributed by atoms with Gasteiger partial charge in [-0.3, -0.25) is 0 Å². The highest BCUT2D eigenvalue weighted by molar-refractivity contribution is 6.19. The van der Waals surface area contributed by atoms with E-state index in [1.54, 1.807) is 0 Å². The summed E-state index contributed by atoms with van der Waals surface area (Å²) in [5, 5.41) is 11.7. The van der Waals surface area contributed by atoms with Crippen LogP contribution in [-0.4, -0.2) is 0 Å². The van der Waals surface area contributed by atoms with Crippen molar-refractivity contribution in [2.24, 2.45) is 0 Å². The number of para-hydroxylation sites is 2. The lowest BCUT2D eigenvalue weighted by molar-refractivity contribution is 0.669. The fourth-order valence-corrected chi connectivity index (χ4v) is 8.93. The predicted octanol–water partition coefficient (Wildman–Crippen LogP) is 15.7. The predicted molar refractivity (Wildman–Crippen MR) is 239 cm³/mol. The third-order valence-electron chi connectivity index (χ3n) is 11.7. The van der Waals surface area contributed by atoms with Crippen molar-refractivity contribution in [3.05, 3.63) is 200 Å². The second-order valence-corrected chi connectivity index (χ2v) is 14.8. The van der Waals surface area contributed by atoms with Crippen molar-refractivity contribution in [2.45, 2.75) is 0 Å². The molecule has 266 valence electrons. The number of fused-ring (bicyclic) bond motifs is 10. The second-order valence-electron chi connectivity index (χ2n) is 14.8. The number of benzene rings is 10. The molecule has 0 saturated heterocycles. The maximum atomic E-state index is 6.88. The van der Waals surface area contributed by atoms with Gasteiger partial charge < -0.3 is 13.7 Å². The summed E-state index contributed by atoms with van der Waals surface area (Å²) >= 11 is 0. The quantitative estimate of drug-likeness (QED) is 0.165. The molecule has 0 aliphatic carbocycles. The van der Waals surface area contributed by atoms with E-state index in [-0.39, 0.29) is 0 Å². The molecule has 0 fully saturated rings. The molecule has 10 aromatic carbocycles. The van der Waals surface area contributed by atoms with Gasteiger partial charge in [0.1, 0.15) is 22.3 Å². The largest absolute Gasteiger partial charge is 0.456 e. The monoisotopic (exact) mass is 727 g/mol. The molecule has 12 aromatic rings. The van der Waals surface area contributed by atoms with E-state index in [1.807, 2.05) is 12.1 Å². The van der Waals surface area contributed by atoms with Gasteiger partial charge in [-0.2, -0.15) is 0 Å². The van der Waals surface area contributed by atoms with Gasteiger partial charge in [-0.05, 0) is 110 Å². The first-order chi connectivity index (χ1) is 28.2. The van der Waals surface area contributed by atoms with Crippen LogP contribution < -0.4 is 4.90 Å². The molecule has 0 atom stereocenters. The topological polar surface area (TPSA) is 29.5 Å². The van der Waals surface area contributed by atoms with Crippen LogP contribution in [0.1, 0.15) is 0 Å². The van der Waals surface area contributed by atoms with Crippen LogP contribution in [0, 0.1) is 0 Å². The Labute approximate surface area is 328 Å². The number of hydrogen-bond donors (Lipinski definition) is 0. The van der Waals surface area contributed by atoms with Crippen molar-refractivity contribution >= 4 is 93.3 Å². The summed E-state index contributed by atoms with van der Waals surface area (Å²) in [6.07, 6.45) is 0. The van der Waals surface area contributed by atoms with Crippen LogP contribution >= 0.6 is 0 Å². The highest BCUT2D eigenvalue weighted by Crippen LogP contribution is 2.48. The van der Waals surface area contributed by atoms with Crippen LogP contribution in [-0.2, 0) is 0 Å². The Balaban J connectivity index is 1.09. The highest BCUT2D eigenvalue weighted by atomic mass is 16.3. The van der Waals surface area contributed by atoms with E-state index in [4.69, 9.17) is 8.83 Å². The van der Waals surface area contributed by atoms with Gasteiger partial charge >= 0.3 is 0 Å². The van der Waals surface area contributed by atoms with Crippen molar-refractivity contribution in [2.75, 3.05) is 4.90 Å². The van der Waals surface area contributed by atoms with Gasteiger partial charge in [0, 0.05) is 33.1 Å². The summed E-state index contributed by atoms with van der Waals surface area (Å²) in [7, 11) is 0. The van der Waals surface area contributed by atoms with E-state index in [1.165, 1.54) is 32.3 Å². The Morgan fingerprint density at radius 3 is 1.74 bits per heavy atom. The van der Waals surface area contributed by atoms with Crippen molar-refractivity contribution in [1.29, 1.82) is 0 Å². The molecule has 2 aromatic heterocycles. The van der Waals surface area contributed by atoms with Crippen LogP contribution in [0.4, 0.5) is 17.1 Å². The Hall–Kier alpha value is -7.62. The first-order valence-electron chi connectivity index (χ1n) is 19.4. The van der Waals surface area contributed by atoms with Gasteiger partial charge in [0.2, 0.25) is 0 Å². The number of nitrogens with zero attached hydrogens (tertiary/aromatic N) is 1. The summed E-state index contributed by atoms with van der Waals surface area (Å²) < 4.78 is 13.2. The van der Waals surface area contributed by atoms with Crippen LogP contribution in [0.15, 0.2) is 209 Å². The van der Waals surface area contributed by atoms with Crippen molar-refractivity contribution in [3.63, 3.8) is 0 Å². The van der Waals surface area contributed by atoms with Crippen molar-refractivity contribution in [3.8, 4) is 22.3 Å². The normalized spacial score (nSPS) is 11.9. The molecule has 0 N–H and O–H groups in total. The minimum Gasteiger partial charge on any atom is -0.456 e. The van der Waals surface area contributed by atoms with Crippen molar-refractivity contribution in [1.82, 2.24) is 0 Å². The average Bonchev–Trinajstić information content (AvgIpc) is 3.85. The first-order valence-corrected chi connectivity index (χ1v) is 19.4. The summed E-state index contributed by atoms with van der Waals surface area (Å²) in [6.45, 7) is 0. The minimum atomic E-state index is 0.863. The fourth-order valence-electron chi connectivity index (χ4n) is 8.93. The summed E-state index contributed by atoms with van der Waals surface area (Å²) in [4.78, 5) is 2.39. The molecule has 0 radical (unpaired) electrons. The lowest BCUT2D eigenvalue weighted by atomic mass is 9.95. The Bertz CT molecular complexity index is 3530. The fraction of sp³-hybridized carbons (Fsp3) is 0. The molecular formula is C54H33NO2. The third kappa shape index (κ3) is 4.99. The van der Waals surface area contributed by atoms with Crippen LogP contribution in [0.25, 0.3) is 98.4 Å². The van der Waals surface area contributed by atoms with E-state index in [2.05, 4.69) is 193 Å². The molecule has 2 heterocycles. The van der Waals surface area contributed by atoms with Gasteiger partial charge in [-0.15, -0.1) is 0 Å². The first kappa shape index (κ1) is 31.7. The molecule has 3 nitrogen and oxygen atoms in total. The van der Waals surface area contributed by atoms with Crippen molar-refractivity contribution < 1.29 is 8.83 Å². The lowest BCUT2D eigenvalue weighted by Crippen LogP contribution is -2.10. The summed E-state index contributed by atoms with van der Waals surface area (Å²) in [5.74, 6) is 0. The van der Waals surface area contributed by atoms with E-state index in [0.717, 1.165) is 83.2 Å². The second kappa shape index (κ2) is 12.5. The zero-order valence-electron chi connectivity index (χ0n) is 30.8. The van der Waals surface area contributed by atoms with Gasteiger partial charge in [0.15, 0.2) is 0 Å². The molecule has 0 saturated carbocycles. The summed E-state index contributed by atoms with van der Waals surface area (Å²) in [6, 6.07) is 71.6. The number of anilines is 3.